The molecule has 0 bridgehead atoms. The number of rotatable bonds is 7. The van der Waals surface area contributed by atoms with E-state index in [1.54, 1.807) is 0 Å². The van der Waals surface area contributed by atoms with Gasteiger partial charge >= 0.3 is 0 Å². The van der Waals surface area contributed by atoms with Gasteiger partial charge in [0.15, 0.2) is 0 Å². The van der Waals surface area contributed by atoms with Gasteiger partial charge in [0.1, 0.15) is 5.75 Å². The van der Waals surface area contributed by atoms with Crippen LogP contribution in [0, 0.1) is 5.41 Å². The Kier molecular flexibility index (Phi) is 5.88. The maximum absolute atomic E-state index is 13.1. The van der Waals surface area contributed by atoms with Crippen molar-refractivity contribution < 1.29 is 14.3 Å². The normalized spacial score (nSPS) is 22.8. The van der Waals surface area contributed by atoms with Crippen LogP contribution in [-0.2, 0) is 15.0 Å². The van der Waals surface area contributed by atoms with Gasteiger partial charge in [0, 0.05) is 6.42 Å². The Morgan fingerprint density at radius 1 is 1.24 bits per heavy atom. The lowest BCUT2D eigenvalue weighted by atomic mass is 9.56. The Labute approximate surface area is 150 Å². The van der Waals surface area contributed by atoms with Crippen LogP contribution in [0.25, 0.3) is 0 Å². The molecule has 1 unspecified atom stereocenters. The molecule has 1 N–H and O–H groups in total. The minimum absolute atomic E-state index is 0.193. The van der Waals surface area contributed by atoms with Crippen molar-refractivity contribution in [2.45, 2.75) is 45.4 Å². The predicted molar refractivity (Wildman–Crippen MR) is 98.6 cm³/mol. The maximum Gasteiger partial charge on any atom is 0.237 e. The third-order valence-electron chi connectivity index (χ3n) is 5.19. The lowest BCUT2D eigenvalue weighted by Crippen LogP contribution is -2.61. The van der Waals surface area contributed by atoms with Crippen molar-refractivity contribution in [3.63, 3.8) is 0 Å². The predicted octanol–water partition coefficient (Wildman–Crippen LogP) is 2.74. The van der Waals surface area contributed by atoms with E-state index in [4.69, 9.17) is 4.74 Å². The Morgan fingerprint density at radius 3 is 2.56 bits per heavy atom. The number of imide groups is 1. The van der Waals surface area contributed by atoms with Crippen molar-refractivity contribution in [1.29, 1.82) is 0 Å². The van der Waals surface area contributed by atoms with E-state index in [0.717, 1.165) is 24.3 Å². The molecule has 0 radical (unpaired) electrons. The Hall–Kier alpha value is -1.88. The molecular weight excluding hydrogens is 316 g/mol. The summed E-state index contributed by atoms with van der Waals surface area (Å²) in [5.41, 5.74) is -0.291. The fraction of sp³-hybridized carbons (Fsp3) is 0.600. The molecule has 1 aromatic carbocycles. The van der Waals surface area contributed by atoms with Gasteiger partial charge in [-0.1, -0.05) is 26.0 Å². The third-order valence-corrected chi connectivity index (χ3v) is 5.19. The molecular formula is C20H30N2O3. The number of hydrogen-bond acceptors (Lipinski definition) is 4. The quantitative estimate of drug-likeness (QED) is 0.771. The first-order valence-electron chi connectivity index (χ1n) is 8.95. The average molecular weight is 346 g/mol. The summed E-state index contributed by atoms with van der Waals surface area (Å²) < 4.78 is 5.64. The van der Waals surface area contributed by atoms with E-state index < -0.39 is 10.8 Å². The van der Waals surface area contributed by atoms with Crippen LogP contribution in [0.15, 0.2) is 24.3 Å². The van der Waals surface area contributed by atoms with Gasteiger partial charge in [-0.15, -0.1) is 0 Å². The summed E-state index contributed by atoms with van der Waals surface area (Å²) >= 11 is 0. The van der Waals surface area contributed by atoms with Gasteiger partial charge in [-0.05, 0) is 63.5 Å². The van der Waals surface area contributed by atoms with Crippen LogP contribution in [0.1, 0.15) is 45.6 Å². The lowest BCUT2D eigenvalue weighted by molar-refractivity contribution is -0.145. The van der Waals surface area contributed by atoms with Crippen molar-refractivity contribution in [1.82, 2.24) is 10.2 Å². The Bertz CT molecular complexity index is 640. The van der Waals surface area contributed by atoms with E-state index >= 15 is 0 Å². The van der Waals surface area contributed by atoms with E-state index in [2.05, 4.69) is 10.2 Å². The molecule has 0 aliphatic carbocycles. The number of nitrogens with one attached hydrogen (secondary N) is 1. The molecule has 0 spiro atoms. The van der Waals surface area contributed by atoms with E-state index in [0.29, 0.717) is 19.4 Å². The molecule has 1 atom stereocenters. The number of ether oxygens (including phenoxy) is 1. The standard InChI is InChI=1S/C20H30N2O3/c1-6-25-16-10-7-9-15(13-16)20(11-8-12-22(4)5)18(24)21-17(23)14-19(20,2)3/h7,9-10,13H,6,8,11-12,14H2,1-5H3,(H,21,23,24). The maximum atomic E-state index is 13.1. The SMILES string of the molecule is CCOc1cccc(C2(CCCN(C)C)C(=O)NC(=O)CC2(C)C)c1. The molecule has 1 heterocycles. The highest BCUT2D eigenvalue weighted by atomic mass is 16.5. The molecule has 138 valence electrons. The third kappa shape index (κ3) is 3.87. The summed E-state index contributed by atoms with van der Waals surface area (Å²) in [6, 6.07) is 7.76. The summed E-state index contributed by atoms with van der Waals surface area (Å²) in [7, 11) is 4.05. The second kappa shape index (κ2) is 7.56. The first kappa shape index (κ1) is 19.4. The number of hydrogen-bond donors (Lipinski definition) is 1. The van der Waals surface area contributed by atoms with Crippen LogP contribution in [0.5, 0.6) is 5.75 Å². The summed E-state index contributed by atoms with van der Waals surface area (Å²) in [6.07, 6.45) is 1.89. The van der Waals surface area contributed by atoms with E-state index in [-0.39, 0.29) is 11.8 Å². The van der Waals surface area contributed by atoms with Crippen LogP contribution in [0.4, 0.5) is 0 Å². The van der Waals surface area contributed by atoms with Crippen molar-refractivity contribution in [2.24, 2.45) is 5.41 Å². The molecule has 0 saturated carbocycles. The molecule has 2 amide bonds. The molecule has 1 aliphatic heterocycles. The highest BCUT2D eigenvalue weighted by Gasteiger charge is 2.55. The minimum Gasteiger partial charge on any atom is -0.494 e. The monoisotopic (exact) mass is 346 g/mol. The number of carbonyl (C=O) groups excluding carboxylic acids is 2. The number of amides is 2. The molecule has 25 heavy (non-hydrogen) atoms. The van der Waals surface area contributed by atoms with E-state index in [9.17, 15) is 9.59 Å². The molecule has 5 heteroatoms. The van der Waals surface area contributed by atoms with Gasteiger partial charge in [0.05, 0.1) is 12.0 Å². The summed E-state index contributed by atoms with van der Waals surface area (Å²) in [5.74, 6) is 0.368. The van der Waals surface area contributed by atoms with E-state index in [1.165, 1.54) is 0 Å². The molecule has 1 aliphatic rings. The van der Waals surface area contributed by atoms with Gasteiger partial charge < -0.3 is 9.64 Å². The Morgan fingerprint density at radius 2 is 1.96 bits per heavy atom. The molecule has 5 nitrogen and oxygen atoms in total. The van der Waals surface area contributed by atoms with E-state index in [1.807, 2.05) is 59.1 Å². The van der Waals surface area contributed by atoms with Gasteiger partial charge in [-0.3, -0.25) is 14.9 Å². The topological polar surface area (TPSA) is 58.6 Å². The zero-order valence-corrected chi connectivity index (χ0v) is 16.0. The second-order valence-electron chi connectivity index (χ2n) is 7.71. The zero-order chi connectivity index (χ0) is 18.7. The number of nitrogens with zero attached hydrogens (tertiary/aromatic N) is 1. The molecule has 1 aromatic rings. The van der Waals surface area contributed by atoms with Crippen molar-refractivity contribution in [3.8, 4) is 5.75 Å². The average Bonchev–Trinajstić information content (AvgIpc) is 2.49. The van der Waals surface area contributed by atoms with Gasteiger partial charge in [0.2, 0.25) is 11.8 Å². The van der Waals surface area contributed by atoms with Gasteiger partial charge in [0.25, 0.3) is 0 Å². The van der Waals surface area contributed by atoms with Crippen molar-refractivity contribution >= 4 is 11.8 Å². The summed E-state index contributed by atoms with van der Waals surface area (Å²) in [4.78, 5) is 27.2. The first-order chi connectivity index (χ1) is 11.7. The lowest BCUT2D eigenvalue weighted by Gasteiger charge is -2.48. The van der Waals surface area contributed by atoms with Crippen LogP contribution < -0.4 is 10.1 Å². The second-order valence-corrected chi connectivity index (χ2v) is 7.71. The molecule has 2 rings (SSSR count). The van der Waals surface area contributed by atoms with Gasteiger partial charge in [-0.2, -0.15) is 0 Å². The highest BCUT2D eigenvalue weighted by Crippen LogP contribution is 2.50. The largest absolute Gasteiger partial charge is 0.494 e. The first-order valence-corrected chi connectivity index (χ1v) is 8.95. The van der Waals surface area contributed by atoms with Crippen LogP contribution >= 0.6 is 0 Å². The Balaban J connectivity index is 2.50. The molecule has 0 aromatic heterocycles. The smallest absolute Gasteiger partial charge is 0.237 e. The number of carbonyl (C=O) groups is 2. The fourth-order valence-corrected chi connectivity index (χ4v) is 3.93. The number of piperidine rings is 1. The summed E-state index contributed by atoms with van der Waals surface area (Å²) in [6.45, 7) is 7.45. The number of benzene rings is 1. The molecule has 1 fully saturated rings. The zero-order valence-electron chi connectivity index (χ0n) is 16.0. The van der Waals surface area contributed by atoms with Crippen molar-refractivity contribution in [2.75, 3.05) is 27.2 Å². The van der Waals surface area contributed by atoms with Crippen LogP contribution in [0.3, 0.4) is 0 Å². The minimum atomic E-state index is -0.746. The van der Waals surface area contributed by atoms with Crippen molar-refractivity contribution in [3.05, 3.63) is 29.8 Å². The van der Waals surface area contributed by atoms with Crippen LogP contribution in [-0.4, -0.2) is 44.0 Å². The van der Waals surface area contributed by atoms with Crippen LogP contribution in [0.2, 0.25) is 0 Å². The summed E-state index contributed by atoms with van der Waals surface area (Å²) in [5, 5.41) is 2.58. The highest BCUT2D eigenvalue weighted by molar-refractivity contribution is 6.04. The fourth-order valence-electron chi connectivity index (χ4n) is 3.93. The van der Waals surface area contributed by atoms with Gasteiger partial charge in [-0.25, -0.2) is 0 Å². The molecule has 1 saturated heterocycles.